The fourth-order valence-corrected chi connectivity index (χ4v) is 4.73. The molecule has 1 aliphatic heterocycles. The number of phenols is 1. The minimum Gasteiger partial charge on any atom is -0.508 e. The van der Waals surface area contributed by atoms with Crippen molar-refractivity contribution in [2.45, 2.75) is 45.7 Å². The SMILES string of the molecule is CCCCN1C(=S)N[C@H](c2ccccn2)[C@H]1c1cc(C)n(-c2ccc(O)cc2)c1C. The Balaban J connectivity index is 1.81. The van der Waals surface area contributed by atoms with E-state index in [0.717, 1.165) is 41.6 Å². The summed E-state index contributed by atoms with van der Waals surface area (Å²) >= 11 is 5.75. The van der Waals surface area contributed by atoms with E-state index in [1.54, 1.807) is 12.1 Å². The van der Waals surface area contributed by atoms with Gasteiger partial charge in [-0.25, -0.2) is 0 Å². The number of rotatable bonds is 6. The standard InChI is InChI=1S/C24H28N4OS/c1-4-5-14-27-23(22(26-24(27)30)21-8-6-7-13-25-21)20-15-16(2)28(17(20)3)18-9-11-19(29)12-10-18/h6-13,15,22-23,29H,4-5,14H2,1-3H3,(H,26,30)/t22-,23-/m1/s1. The van der Waals surface area contributed by atoms with E-state index in [-0.39, 0.29) is 17.8 Å². The predicted octanol–water partition coefficient (Wildman–Crippen LogP) is 4.97. The van der Waals surface area contributed by atoms with Gasteiger partial charge in [0.05, 0.1) is 17.8 Å². The Hall–Kier alpha value is -2.86. The molecule has 0 radical (unpaired) electrons. The van der Waals surface area contributed by atoms with Gasteiger partial charge in [0.25, 0.3) is 0 Å². The molecule has 2 atom stereocenters. The quantitative estimate of drug-likeness (QED) is 0.552. The fourth-order valence-electron chi connectivity index (χ4n) is 4.40. The lowest BCUT2D eigenvalue weighted by Crippen LogP contribution is -2.30. The van der Waals surface area contributed by atoms with E-state index in [4.69, 9.17) is 12.2 Å². The molecule has 2 N–H and O–H groups in total. The molecule has 0 spiro atoms. The first kappa shape index (κ1) is 20.4. The van der Waals surface area contributed by atoms with Gasteiger partial charge in [-0.2, -0.15) is 0 Å². The number of thiocarbonyl (C=S) groups is 1. The average molecular weight is 421 g/mol. The van der Waals surface area contributed by atoms with Gasteiger partial charge in [0.1, 0.15) is 5.75 Å². The van der Waals surface area contributed by atoms with Crippen LogP contribution in [0.15, 0.2) is 54.7 Å². The van der Waals surface area contributed by atoms with Crippen LogP contribution in [0.5, 0.6) is 5.75 Å². The van der Waals surface area contributed by atoms with Gasteiger partial charge in [-0.1, -0.05) is 19.4 Å². The Morgan fingerprint density at radius 2 is 1.90 bits per heavy atom. The topological polar surface area (TPSA) is 53.3 Å². The van der Waals surface area contributed by atoms with Crippen LogP contribution in [-0.2, 0) is 0 Å². The van der Waals surface area contributed by atoms with Gasteiger partial charge in [-0.15, -0.1) is 0 Å². The van der Waals surface area contributed by atoms with E-state index >= 15 is 0 Å². The molecule has 5 nitrogen and oxygen atoms in total. The first-order chi connectivity index (χ1) is 14.5. The third-order valence-corrected chi connectivity index (χ3v) is 6.20. The summed E-state index contributed by atoms with van der Waals surface area (Å²) in [4.78, 5) is 6.95. The second-order valence-corrected chi connectivity index (χ2v) is 8.24. The summed E-state index contributed by atoms with van der Waals surface area (Å²) in [5.41, 5.74) is 5.62. The van der Waals surface area contributed by atoms with E-state index in [0.29, 0.717) is 0 Å². The summed E-state index contributed by atoms with van der Waals surface area (Å²) in [6.07, 6.45) is 4.04. The van der Waals surface area contributed by atoms with Crippen LogP contribution in [0.25, 0.3) is 5.69 Å². The lowest BCUT2D eigenvalue weighted by Gasteiger charge is -2.28. The number of aromatic nitrogens is 2. The molecule has 0 amide bonds. The Kier molecular flexibility index (Phi) is 5.77. The van der Waals surface area contributed by atoms with Crippen molar-refractivity contribution in [3.8, 4) is 11.4 Å². The van der Waals surface area contributed by atoms with E-state index in [9.17, 15) is 5.11 Å². The summed E-state index contributed by atoms with van der Waals surface area (Å²) in [6, 6.07) is 15.7. The lowest BCUT2D eigenvalue weighted by atomic mass is 9.96. The van der Waals surface area contributed by atoms with Crippen LogP contribution >= 0.6 is 12.2 Å². The summed E-state index contributed by atoms with van der Waals surface area (Å²) in [6.45, 7) is 7.40. The van der Waals surface area contributed by atoms with Gasteiger partial charge in [0.2, 0.25) is 0 Å². The molecule has 1 aliphatic rings. The first-order valence-corrected chi connectivity index (χ1v) is 10.9. The van der Waals surface area contributed by atoms with Crippen LogP contribution in [0, 0.1) is 13.8 Å². The number of hydrogen-bond donors (Lipinski definition) is 2. The molecular weight excluding hydrogens is 392 g/mol. The van der Waals surface area contributed by atoms with E-state index in [1.165, 1.54) is 11.3 Å². The molecule has 0 unspecified atom stereocenters. The lowest BCUT2D eigenvalue weighted by molar-refractivity contribution is 0.312. The second kappa shape index (κ2) is 8.48. The van der Waals surface area contributed by atoms with Gasteiger partial charge < -0.3 is 19.9 Å². The molecule has 1 saturated heterocycles. The van der Waals surface area contributed by atoms with Crippen molar-refractivity contribution in [3.05, 3.63) is 77.4 Å². The Labute approximate surface area is 183 Å². The molecule has 3 heterocycles. The van der Waals surface area contributed by atoms with Crippen LogP contribution in [0.3, 0.4) is 0 Å². The summed E-state index contributed by atoms with van der Waals surface area (Å²) in [7, 11) is 0. The summed E-state index contributed by atoms with van der Waals surface area (Å²) in [5, 5.41) is 14.0. The number of hydrogen-bond acceptors (Lipinski definition) is 3. The summed E-state index contributed by atoms with van der Waals surface area (Å²) in [5.74, 6) is 0.271. The van der Waals surface area contributed by atoms with Crippen molar-refractivity contribution in [2.75, 3.05) is 6.54 Å². The van der Waals surface area contributed by atoms with E-state index < -0.39 is 0 Å². The number of aryl methyl sites for hydroxylation is 1. The minimum absolute atomic E-state index is 0.00400. The van der Waals surface area contributed by atoms with Gasteiger partial charge in [-0.3, -0.25) is 4.98 Å². The number of benzene rings is 1. The normalized spacial score (nSPS) is 18.6. The Bertz CT molecular complexity index is 1030. The van der Waals surface area contributed by atoms with Crippen LogP contribution in [-0.4, -0.2) is 31.2 Å². The Morgan fingerprint density at radius 3 is 2.57 bits per heavy atom. The maximum atomic E-state index is 9.68. The predicted molar refractivity (Wildman–Crippen MR) is 124 cm³/mol. The monoisotopic (exact) mass is 420 g/mol. The Morgan fingerprint density at radius 1 is 1.13 bits per heavy atom. The van der Waals surface area contributed by atoms with Crippen LogP contribution < -0.4 is 5.32 Å². The van der Waals surface area contributed by atoms with Gasteiger partial charge in [0.15, 0.2) is 5.11 Å². The van der Waals surface area contributed by atoms with Crippen molar-refractivity contribution >= 4 is 17.3 Å². The molecule has 1 fully saturated rings. The molecular formula is C24H28N4OS. The number of nitrogens with zero attached hydrogens (tertiary/aromatic N) is 3. The third-order valence-electron chi connectivity index (χ3n) is 5.85. The van der Waals surface area contributed by atoms with Crippen LogP contribution in [0.2, 0.25) is 0 Å². The molecule has 4 rings (SSSR count). The maximum Gasteiger partial charge on any atom is 0.170 e. The molecule has 3 aromatic rings. The third kappa shape index (κ3) is 3.67. The van der Waals surface area contributed by atoms with Crippen molar-refractivity contribution in [2.24, 2.45) is 0 Å². The number of aromatic hydroxyl groups is 1. The molecule has 30 heavy (non-hydrogen) atoms. The zero-order valence-electron chi connectivity index (χ0n) is 17.7. The van der Waals surface area contributed by atoms with Crippen molar-refractivity contribution in [1.82, 2.24) is 19.8 Å². The zero-order valence-corrected chi connectivity index (χ0v) is 18.5. The van der Waals surface area contributed by atoms with Crippen molar-refractivity contribution < 1.29 is 5.11 Å². The highest BCUT2D eigenvalue weighted by Gasteiger charge is 2.41. The maximum absolute atomic E-state index is 9.68. The molecule has 2 aromatic heterocycles. The fraction of sp³-hybridized carbons (Fsp3) is 0.333. The second-order valence-electron chi connectivity index (χ2n) is 7.85. The molecule has 0 saturated carbocycles. The number of phenolic OH excluding ortho intramolecular Hbond substituents is 1. The highest BCUT2D eigenvalue weighted by molar-refractivity contribution is 7.80. The zero-order chi connectivity index (χ0) is 21.3. The van der Waals surface area contributed by atoms with Crippen LogP contribution in [0.1, 0.15) is 54.5 Å². The number of unbranched alkanes of at least 4 members (excludes halogenated alkanes) is 1. The van der Waals surface area contributed by atoms with Gasteiger partial charge >= 0.3 is 0 Å². The molecule has 156 valence electrons. The molecule has 1 aromatic carbocycles. The van der Waals surface area contributed by atoms with Crippen LogP contribution in [0.4, 0.5) is 0 Å². The largest absolute Gasteiger partial charge is 0.508 e. The van der Waals surface area contributed by atoms with E-state index in [2.05, 4.69) is 52.7 Å². The molecule has 6 heteroatoms. The number of pyridine rings is 1. The highest BCUT2D eigenvalue weighted by Crippen LogP contribution is 2.41. The highest BCUT2D eigenvalue weighted by atomic mass is 32.1. The van der Waals surface area contributed by atoms with Crippen molar-refractivity contribution in [3.63, 3.8) is 0 Å². The smallest absolute Gasteiger partial charge is 0.170 e. The molecule has 0 bridgehead atoms. The van der Waals surface area contributed by atoms with E-state index in [1.807, 2.05) is 30.5 Å². The molecule has 0 aliphatic carbocycles. The van der Waals surface area contributed by atoms with Gasteiger partial charge in [-0.05, 0) is 80.5 Å². The summed E-state index contributed by atoms with van der Waals surface area (Å²) < 4.78 is 2.24. The average Bonchev–Trinajstić information content (AvgIpc) is 3.23. The van der Waals surface area contributed by atoms with Crippen molar-refractivity contribution in [1.29, 1.82) is 0 Å². The minimum atomic E-state index is 0.00400. The number of nitrogens with one attached hydrogen (secondary N) is 1. The van der Waals surface area contributed by atoms with Gasteiger partial charge in [0, 0.05) is 29.8 Å². The first-order valence-electron chi connectivity index (χ1n) is 10.5.